The Balaban J connectivity index is 1.75. The Morgan fingerprint density at radius 3 is 2.39 bits per heavy atom. The van der Waals surface area contributed by atoms with Gasteiger partial charge < -0.3 is 0 Å². The van der Waals surface area contributed by atoms with Crippen molar-refractivity contribution >= 4 is 17.1 Å². The molecule has 0 saturated heterocycles. The van der Waals surface area contributed by atoms with E-state index >= 15 is 0 Å². The van der Waals surface area contributed by atoms with Gasteiger partial charge in [0.15, 0.2) is 0 Å². The lowest BCUT2D eigenvalue weighted by atomic mass is 9.98. The summed E-state index contributed by atoms with van der Waals surface area (Å²) in [5.74, 6) is -0.297. The van der Waals surface area contributed by atoms with Crippen molar-refractivity contribution in [1.29, 1.82) is 0 Å². The van der Waals surface area contributed by atoms with Crippen molar-refractivity contribution < 1.29 is 9.31 Å². The SMILES string of the molecule is Cc1c(C2CC(c3ccc(F)cc3)=NN2c2ccc([N+](=O)[O-])cc2)cnn1C. The molecule has 2 aromatic carbocycles. The minimum absolute atomic E-state index is 0.0276. The summed E-state index contributed by atoms with van der Waals surface area (Å²) in [5.41, 5.74) is 4.49. The van der Waals surface area contributed by atoms with Crippen molar-refractivity contribution in [2.75, 3.05) is 5.01 Å². The van der Waals surface area contributed by atoms with Gasteiger partial charge in [-0.1, -0.05) is 12.1 Å². The fraction of sp³-hybridized carbons (Fsp3) is 0.200. The van der Waals surface area contributed by atoms with Crippen molar-refractivity contribution in [3.05, 3.63) is 87.5 Å². The molecule has 0 N–H and O–H groups in total. The van der Waals surface area contributed by atoms with Crippen LogP contribution in [-0.2, 0) is 7.05 Å². The first kappa shape index (κ1) is 17.8. The summed E-state index contributed by atoms with van der Waals surface area (Å²) in [5, 5.41) is 21.9. The van der Waals surface area contributed by atoms with E-state index in [-0.39, 0.29) is 17.5 Å². The van der Waals surface area contributed by atoms with Crippen LogP contribution in [-0.4, -0.2) is 20.4 Å². The molecule has 0 aliphatic carbocycles. The summed E-state index contributed by atoms with van der Waals surface area (Å²) >= 11 is 0. The van der Waals surface area contributed by atoms with Gasteiger partial charge in [0, 0.05) is 36.9 Å². The predicted molar refractivity (Wildman–Crippen MR) is 104 cm³/mol. The average Bonchev–Trinajstić information content (AvgIpc) is 3.26. The molecule has 1 aliphatic heterocycles. The fourth-order valence-electron chi connectivity index (χ4n) is 3.38. The van der Waals surface area contributed by atoms with Gasteiger partial charge in [0.1, 0.15) is 5.82 Å². The maximum absolute atomic E-state index is 13.3. The van der Waals surface area contributed by atoms with Crippen LogP contribution in [0.5, 0.6) is 0 Å². The predicted octanol–water partition coefficient (Wildman–Crippen LogP) is 4.13. The number of halogens is 1. The van der Waals surface area contributed by atoms with Crippen molar-refractivity contribution in [3.8, 4) is 0 Å². The highest BCUT2D eigenvalue weighted by atomic mass is 19.1. The van der Waals surface area contributed by atoms with Crippen molar-refractivity contribution in [3.63, 3.8) is 0 Å². The van der Waals surface area contributed by atoms with Crippen LogP contribution in [0.2, 0.25) is 0 Å². The number of hydrogen-bond donors (Lipinski definition) is 0. The summed E-state index contributed by atoms with van der Waals surface area (Å²) in [4.78, 5) is 10.5. The average molecular weight is 379 g/mol. The molecular formula is C20H18FN5O2. The summed E-state index contributed by atoms with van der Waals surface area (Å²) in [7, 11) is 1.88. The Morgan fingerprint density at radius 1 is 1.14 bits per heavy atom. The second kappa shape index (κ2) is 6.88. The first-order chi connectivity index (χ1) is 13.4. The third-order valence-electron chi connectivity index (χ3n) is 5.05. The van der Waals surface area contributed by atoms with Gasteiger partial charge in [-0.15, -0.1) is 0 Å². The van der Waals surface area contributed by atoms with Gasteiger partial charge in [0.2, 0.25) is 0 Å². The van der Waals surface area contributed by atoms with Crippen LogP contribution in [0.4, 0.5) is 15.8 Å². The first-order valence-electron chi connectivity index (χ1n) is 8.79. The highest BCUT2D eigenvalue weighted by Gasteiger charge is 2.32. The van der Waals surface area contributed by atoms with Gasteiger partial charge in [0.05, 0.1) is 28.6 Å². The lowest BCUT2D eigenvalue weighted by Gasteiger charge is -2.23. The molecule has 0 spiro atoms. The van der Waals surface area contributed by atoms with E-state index in [0.717, 1.165) is 28.2 Å². The number of nitro benzene ring substituents is 1. The van der Waals surface area contributed by atoms with E-state index in [4.69, 9.17) is 5.10 Å². The van der Waals surface area contributed by atoms with E-state index < -0.39 is 4.92 Å². The number of rotatable bonds is 4. The van der Waals surface area contributed by atoms with E-state index in [1.165, 1.54) is 24.3 Å². The Morgan fingerprint density at radius 2 is 1.82 bits per heavy atom. The molecule has 7 nitrogen and oxygen atoms in total. The molecule has 0 saturated carbocycles. The van der Waals surface area contributed by atoms with E-state index in [1.54, 1.807) is 28.9 Å². The van der Waals surface area contributed by atoms with E-state index in [1.807, 2.05) is 25.2 Å². The number of benzene rings is 2. The first-order valence-corrected chi connectivity index (χ1v) is 8.79. The number of hydrogen-bond acceptors (Lipinski definition) is 5. The summed E-state index contributed by atoms with van der Waals surface area (Å²) < 4.78 is 15.1. The zero-order valence-corrected chi connectivity index (χ0v) is 15.4. The third kappa shape index (κ3) is 3.13. The lowest BCUT2D eigenvalue weighted by Crippen LogP contribution is -2.19. The van der Waals surface area contributed by atoms with Gasteiger partial charge in [0.25, 0.3) is 5.69 Å². The molecule has 1 atom stereocenters. The van der Waals surface area contributed by atoms with Crippen molar-refractivity contribution in [2.24, 2.45) is 12.1 Å². The molecule has 1 aromatic heterocycles. The standard InChI is InChI=1S/C20H18FN5O2/c1-13-18(12-22-24(13)2)20-11-19(14-3-5-15(21)6-4-14)23-25(20)16-7-9-17(10-8-16)26(27)28/h3-10,12,20H,11H2,1-2H3. The van der Waals surface area contributed by atoms with Crippen LogP contribution in [0.3, 0.4) is 0 Å². The van der Waals surface area contributed by atoms with E-state index in [0.29, 0.717) is 6.42 Å². The van der Waals surface area contributed by atoms with Gasteiger partial charge in [-0.3, -0.25) is 19.8 Å². The van der Waals surface area contributed by atoms with Gasteiger partial charge >= 0.3 is 0 Å². The Kier molecular flexibility index (Phi) is 4.38. The molecule has 142 valence electrons. The Bertz CT molecular complexity index is 1060. The van der Waals surface area contributed by atoms with E-state index in [2.05, 4.69) is 5.10 Å². The molecule has 1 unspecified atom stereocenters. The number of aryl methyl sites for hydroxylation is 1. The largest absolute Gasteiger partial charge is 0.273 e. The van der Waals surface area contributed by atoms with Gasteiger partial charge in [-0.05, 0) is 36.8 Å². The number of non-ortho nitro benzene ring substituents is 1. The maximum atomic E-state index is 13.3. The molecule has 0 bridgehead atoms. The number of hydrazone groups is 1. The third-order valence-corrected chi connectivity index (χ3v) is 5.05. The molecule has 0 fully saturated rings. The summed E-state index contributed by atoms with van der Waals surface area (Å²) in [6.45, 7) is 1.99. The van der Waals surface area contributed by atoms with Crippen molar-refractivity contribution in [2.45, 2.75) is 19.4 Å². The zero-order chi connectivity index (χ0) is 19.8. The maximum Gasteiger partial charge on any atom is 0.269 e. The van der Waals surface area contributed by atoms with Crippen LogP contribution in [0.1, 0.15) is 29.3 Å². The van der Waals surface area contributed by atoms with Crippen LogP contribution < -0.4 is 5.01 Å². The lowest BCUT2D eigenvalue weighted by molar-refractivity contribution is -0.384. The minimum atomic E-state index is -0.427. The molecule has 4 rings (SSSR count). The molecule has 3 aromatic rings. The van der Waals surface area contributed by atoms with Crippen LogP contribution in [0.25, 0.3) is 0 Å². The van der Waals surface area contributed by atoms with Gasteiger partial charge in [-0.25, -0.2) is 4.39 Å². The van der Waals surface area contributed by atoms with Crippen LogP contribution in [0.15, 0.2) is 59.8 Å². The van der Waals surface area contributed by atoms with E-state index in [9.17, 15) is 14.5 Å². The van der Waals surface area contributed by atoms with Crippen LogP contribution >= 0.6 is 0 Å². The smallest absolute Gasteiger partial charge is 0.269 e. The van der Waals surface area contributed by atoms with Gasteiger partial charge in [-0.2, -0.15) is 10.2 Å². The number of anilines is 1. The molecule has 8 heteroatoms. The Labute approximate surface area is 160 Å². The number of nitro groups is 1. The topological polar surface area (TPSA) is 76.6 Å². The molecule has 0 radical (unpaired) electrons. The second-order valence-electron chi connectivity index (χ2n) is 6.70. The Hall–Kier alpha value is -3.55. The summed E-state index contributed by atoms with van der Waals surface area (Å²) in [6.07, 6.45) is 2.44. The quantitative estimate of drug-likeness (QED) is 0.504. The molecule has 1 aliphatic rings. The summed E-state index contributed by atoms with van der Waals surface area (Å²) in [6, 6.07) is 12.5. The molecular weight excluding hydrogens is 361 g/mol. The molecule has 2 heterocycles. The van der Waals surface area contributed by atoms with Crippen LogP contribution in [0, 0.1) is 22.9 Å². The second-order valence-corrected chi connectivity index (χ2v) is 6.70. The monoisotopic (exact) mass is 379 g/mol. The zero-order valence-electron chi connectivity index (χ0n) is 15.4. The molecule has 28 heavy (non-hydrogen) atoms. The normalized spacial score (nSPS) is 16.3. The minimum Gasteiger partial charge on any atom is -0.273 e. The molecule has 0 amide bonds. The highest BCUT2D eigenvalue weighted by Crippen LogP contribution is 2.38. The highest BCUT2D eigenvalue weighted by molar-refractivity contribution is 6.03. The number of aromatic nitrogens is 2. The fourth-order valence-corrected chi connectivity index (χ4v) is 3.38. The van der Waals surface area contributed by atoms with Crippen molar-refractivity contribution in [1.82, 2.24) is 9.78 Å². The number of nitrogens with zero attached hydrogens (tertiary/aromatic N) is 5.